The first kappa shape index (κ1) is 17.2. The molecule has 3 rings (SSSR count). The van der Waals surface area contributed by atoms with Gasteiger partial charge in [-0.25, -0.2) is 4.39 Å². The molecule has 130 valence electrons. The number of halogens is 4. The second-order valence-electron chi connectivity index (χ2n) is 6.01. The van der Waals surface area contributed by atoms with E-state index in [1.54, 1.807) is 6.20 Å². The number of aromatic nitrogens is 1. The zero-order chi connectivity index (χ0) is 18.2. The monoisotopic (exact) mass is 349 g/mol. The van der Waals surface area contributed by atoms with Crippen molar-refractivity contribution in [1.82, 2.24) is 4.98 Å². The maximum absolute atomic E-state index is 13.9. The lowest BCUT2D eigenvalue weighted by molar-refractivity contribution is -0.137. The first-order valence-electron chi connectivity index (χ1n) is 7.73. The summed E-state index contributed by atoms with van der Waals surface area (Å²) in [5.41, 5.74) is 0.416. The fraction of sp³-hybridized carbons (Fsp3) is 0.211. The molecule has 0 amide bonds. The number of H-pyrrole nitrogens is 1. The van der Waals surface area contributed by atoms with Gasteiger partial charge in [0.2, 0.25) is 0 Å². The van der Waals surface area contributed by atoms with Gasteiger partial charge in [-0.3, -0.25) is 4.79 Å². The summed E-state index contributed by atoms with van der Waals surface area (Å²) in [7, 11) is 0. The topological polar surface area (TPSA) is 32.9 Å². The number of alkyl halides is 3. The number of para-hydroxylation sites is 1. The van der Waals surface area contributed by atoms with Crippen LogP contribution < -0.4 is 0 Å². The number of ketones is 1. The van der Waals surface area contributed by atoms with E-state index >= 15 is 0 Å². The van der Waals surface area contributed by atoms with Crippen LogP contribution in [0.3, 0.4) is 0 Å². The van der Waals surface area contributed by atoms with E-state index in [2.05, 4.69) is 4.98 Å². The lowest BCUT2D eigenvalue weighted by atomic mass is 9.92. The van der Waals surface area contributed by atoms with Crippen molar-refractivity contribution in [1.29, 1.82) is 0 Å². The molecule has 2 nitrogen and oxygen atoms in total. The van der Waals surface area contributed by atoms with Crippen LogP contribution in [-0.2, 0) is 6.18 Å². The van der Waals surface area contributed by atoms with Crippen molar-refractivity contribution in [2.75, 3.05) is 0 Å². The Balaban J connectivity index is 1.82. The van der Waals surface area contributed by atoms with Crippen molar-refractivity contribution in [3.63, 3.8) is 0 Å². The number of hydrogen-bond donors (Lipinski definition) is 1. The molecule has 1 atom stereocenters. The Hall–Kier alpha value is -2.63. The predicted molar refractivity (Wildman–Crippen MR) is 87.1 cm³/mol. The number of carbonyl (C=O) groups excluding carboxylic acids is 1. The second kappa shape index (κ2) is 6.35. The van der Waals surface area contributed by atoms with E-state index in [0.717, 1.165) is 28.6 Å². The maximum atomic E-state index is 13.9. The fourth-order valence-electron chi connectivity index (χ4n) is 2.92. The molecule has 0 aliphatic carbocycles. The van der Waals surface area contributed by atoms with Gasteiger partial charge < -0.3 is 4.98 Å². The highest BCUT2D eigenvalue weighted by Gasteiger charge is 2.31. The smallest absolute Gasteiger partial charge is 0.361 e. The second-order valence-corrected chi connectivity index (χ2v) is 6.01. The molecule has 2 aromatic carbocycles. The molecule has 0 radical (unpaired) electrons. The van der Waals surface area contributed by atoms with Crippen LogP contribution in [0.15, 0.2) is 48.7 Å². The van der Waals surface area contributed by atoms with Gasteiger partial charge in [-0.2, -0.15) is 13.2 Å². The van der Waals surface area contributed by atoms with Gasteiger partial charge in [-0.15, -0.1) is 0 Å². The van der Waals surface area contributed by atoms with Crippen LogP contribution in [0.2, 0.25) is 0 Å². The minimum absolute atomic E-state index is 0.00410. The first-order chi connectivity index (χ1) is 11.8. The summed E-state index contributed by atoms with van der Waals surface area (Å²) >= 11 is 0. The molecule has 0 saturated carbocycles. The highest BCUT2D eigenvalue weighted by atomic mass is 19.4. The largest absolute Gasteiger partial charge is 0.416 e. The Labute approximate surface area is 141 Å². The highest BCUT2D eigenvalue weighted by molar-refractivity contribution is 5.97. The van der Waals surface area contributed by atoms with Crippen LogP contribution in [0.4, 0.5) is 17.6 Å². The fourth-order valence-corrected chi connectivity index (χ4v) is 2.92. The standard InChI is InChI=1S/C19H15F4NO/c1-11(15-10-24-17-5-3-2-4-13(15)17)8-18(25)14-7-6-12(9-16(14)20)19(21,22)23/h2-7,9-11,24H,8H2,1H3. The Kier molecular flexibility index (Phi) is 4.37. The lowest BCUT2D eigenvalue weighted by Gasteiger charge is -2.12. The van der Waals surface area contributed by atoms with E-state index in [1.807, 2.05) is 31.2 Å². The number of aromatic amines is 1. The summed E-state index contributed by atoms with van der Waals surface area (Å²) in [4.78, 5) is 15.4. The lowest BCUT2D eigenvalue weighted by Crippen LogP contribution is -2.10. The van der Waals surface area contributed by atoms with Gasteiger partial charge in [0, 0.05) is 23.5 Å². The molecular weight excluding hydrogens is 334 g/mol. The van der Waals surface area contributed by atoms with Crippen molar-refractivity contribution in [3.8, 4) is 0 Å². The molecule has 1 N–H and O–H groups in total. The minimum atomic E-state index is -4.64. The molecule has 1 unspecified atom stereocenters. The third-order valence-corrected chi connectivity index (χ3v) is 4.24. The molecule has 0 aliphatic heterocycles. The summed E-state index contributed by atoms with van der Waals surface area (Å²) < 4.78 is 51.7. The predicted octanol–water partition coefficient (Wildman–Crippen LogP) is 5.70. The molecular formula is C19H15F4NO. The SMILES string of the molecule is CC(CC(=O)c1ccc(C(F)(F)F)cc1F)c1c[nH]c2ccccc12. The van der Waals surface area contributed by atoms with E-state index in [-0.39, 0.29) is 17.9 Å². The molecule has 0 aliphatic rings. The van der Waals surface area contributed by atoms with Gasteiger partial charge in [0.1, 0.15) is 5.82 Å². The average molecular weight is 349 g/mol. The van der Waals surface area contributed by atoms with Gasteiger partial charge in [-0.05, 0) is 35.7 Å². The van der Waals surface area contributed by atoms with E-state index in [0.29, 0.717) is 6.07 Å². The van der Waals surface area contributed by atoms with E-state index < -0.39 is 23.3 Å². The number of fused-ring (bicyclic) bond motifs is 1. The minimum Gasteiger partial charge on any atom is -0.361 e. The summed E-state index contributed by atoms with van der Waals surface area (Å²) in [5.74, 6) is -1.87. The van der Waals surface area contributed by atoms with Gasteiger partial charge in [-0.1, -0.05) is 25.1 Å². The number of Topliss-reactive ketones (excluding diaryl/α,β-unsaturated/α-hetero) is 1. The van der Waals surface area contributed by atoms with Crippen LogP contribution in [0.25, 0.3) is 10.9 Å². The Morgan fingerprint density at radius 3 is 2.56 bits per heavy atom. The third-order valence-electron chi connectivity index (χ3n) is 4.24. The number of hydrogen-bond acceptors (Lipinski definition) is 1. The quantitative estimate of drug-likeness (QED) is 0.475. The van der Waals surface area contributed by atoms with E-state index in [9.17, 15) is 22.4 Å². The highest BCUT2D eigenvalue weighted by Crippen LogP contribution is 2.32. The third kappa shape index (κ3) is 3.43. The van der Waals surface area contributed by atoms with Crippen molar-refractivity contribution >= 4 is 16.7 Å². The Bertz CT molecular complexity index is 927. The molecule has 0 saturated heterocycles. The number of carbonyl (C=O) groups is 1. The van der Waals surface area contributed by atoms with Crippen LogP contribution in [0, 0.1) is 5.82 Å². The van der Waals surface area contributed by atoms with Crippen LogP contribution in [0.5, 0.6) is 0 Å². The molecule has 1 heterocycles. The van der Waals surface area contributed by atoms with Crippen molar-refractivity contribution in [2.45, 2.75) is 25.4 Å². The van der Waals surface area contributed by atoms with Gasteiger partial charge in [0.15, 0.2) is 5.78 Å². The Morgan fingerprint density at radius 2 is 1.88 bits per heavy atom. The van der Waals surface area contributed by atoms with Crippen LogP contribution >= 0.6 is 0 Å². The maximum Gasteiger partial charge on any atom is 0.416 e. The normalized spacial score (nSPS) is 13.2. The summed E-state index contributed by atoms with van der Waals surface area (Å²) in [6.45, 7) is 1.83. The van der Waals surface area contributed by atoms with Crippen molar-refractivity contribution < 1.29 is 22.4 Å². The van der Waals surface area contributed by atoms with E-state index in [1.165, 1.54) is 0 Å². The molecule has 3 aromatic rings. The number of rotatable bonds is 4. The average Bonchev–Trinajstić information content (AvgIpc) is 2.97. The zero-order valence-electron chi connectivity index (χ0n) is 13.3. The van der Waals surface area contributed by atoms with E-state index in [4.69, 9.17) is 0 Å². The van der Waals surface area contributed by atoms with Crippen molar-refractivity contribution in [2.24, 2.45) is 0 Å². The molecule has 6 heteroatoms. The first-order valence-corrected chi connectivity index (χ1v) is 7.73. The molecule has 25 heavy (non-hydrogen) atoms. The molecule has 0 bridgehead atoms. The molecule has 1 aromatic heterocycles. The van der Waals surface area contributed by atoms with Crippen LogP contribution in [0.1, 0.15) is 40.7 Å². The summed E-state index contributed by atoms with van der Waals surface area (Å²) in [6, 6.07) is 9.59. The van der Waals surface area contributed by atoms with Crippen LogP contribution in [-0.4, -0.2) is 10.8 Å². The number of benzene rings is 2. The van der Waals surface area contributed by atoms with Gasteiger partial charge in [0.05, 0.1) is 11.1 Å². The molecule has 0 fully saturated rings. The zero-order valence-corrected chi connectivity index (χ0v) is 13.3. The van der Waals surface area contributed by atoms with Gasteiger partial charge in [0.25, 0.3) is 0 Å². The van der Waals surface area contributed by atoms with Gasteiger partial charge >= 0.3 is 6.18 Å². The molecule has 0 spiro atoms. The number of nitrogens with one attached hydrogen (secondary N) is 1. The van der Waals surface area contributed by atoms with Crippen molar-refractivity contribution in [3.05, 3.63) is 71.2 Å². The Morgan fingerprint density at radius 1 is 1.16 bits per heavy atom. The summed E-state index contributed by atoms with van der Waals surface area (Å²) in [5, 5.41) is 0.968. The summed E-state index contributed by atoms with van der Waals surface area (Å²) in [6.07, 6.45) is -2.84.